The summed E-state index contributed by atoms with van der Waals surface area (Å²) in [4.78, 5) is 24.3. The van der Waals surface area contributed by atoms with Crippen molar-refractivity contribution in [3.63, 3.8) is 0 Å². The van der Waals surface area contributed by atoms with Crippen molar-refractivity contribution in [2.24, 2.45) is 0 Å². The zero-order valence-electron chi connectivity index (χ0n) is 20.3. The van der Waals surface area contributed by atoms with Crippen LogP contribution in [0.5, 0.6) is 5.75 Å². The van der Waals surface area contributed by atoms with E-state index in [1.165, 1.54) is 24.3 Å². The Bertz CT molecular complexity index is 1480. The molecular formula is C28H20F6N2O4. The molecule has 3 aromatic carbocycles. The van der Waals surface area contributed by atoms with Crippen molar-refractivity contribution in [2.45, 2.75) is 25.1 Å². The standard InChI is InChI=1S/C28H20F6N2O4/c29-27(30,31)18-12-10-16(11-13-18)20(17-4-1-5-19(14-17)40-28(32,33)34)6-2-9-25(38)35-22-7-3-8-23-21(22)15-24(37)26(39)36-23/h1-14,24,37H,15H2,(H,35,38)(H,36,39). The molecule has 1 aliphatic heterocycles. The van der Waals surface area contributed by atoms with Crippen molar-refractivity contribution in [1.82, 2.24) is 0 Å². The van der Waals surface area contributed by atoms with Gasteiger partial charge in [-0.05, 0) is 53.1 Å². The summed E-state index contributed by atoms with van der Waals surface area (Å²) in [6.07, 6.45) is -7.09. The van der Waals surface area contributed by atoms with E-state index < -0.39 is 41.8 Å². The molecule has 0 bridgehead atoms. The Morgan fingerprint density at radius 2 is 1.68 bits per heavy atom. The Morgan fingerprint density at radius 1 is 0.975 bits per heavy atom. The number of aliphatic hydroxyl groups excluding tert-OH is 1. The number of carbonyl (C=O) groups is 2. The molecule has 4 rings (SSSR count). The number of nitrogens with one attached hydrogen (secondary N) is 2. The summed E-state index contributed by atoms with van der Waals surface area (Å²) in [5, 5.41) is 15.0. The largest absolute Gasteiger partial charge is 0.573 e. The van der Waals surface area contributed by atoms with Crippen LogP contribution in [-0.4, -0.2) is 29.4 Å². The van der Waals surface area contributed by atoms with Gasteiger partial charge in [0.1, 0.15) is 11.9 Å². The van der Waals surface area contributed by atoms with E-state index in [1.54, 1.807) is 18.2 Å². The van der Waals surface area contributed by atoms with Gasteiger partial charge in [-0.1, -0.05) is 42.5 Å². The van der Waals surface area contributed by atoms with Crippen LogP contribution in [0.1, 0.15) is 22.3 Å². The fourth-order valence-corrected chi connectivity index (χ4v) is 4.01. The van der Waals surface area contributed by atoms with Crippen LogP contribution in [0.3, 0.4) is 0 Å². The van der Waals surface area contributed by atoms with Crippen LogP contribution in [0.2, 0.25) is 0 Å². The molecule has 3 aromatic rings. The number of benzene rings is 3. The van der Waals surface area contributed by atoms with Crippen molar-refractivity contribution >= 4 is 28.8 Å². The third-order valence-corrected chi connectivity index (χ3v) is 5.80. The van der Waals surface area contributed by atoms with E-state index in [1.807, 2.05) is 0 Å². The second-order valence-corrected chi connectivity index (χ2v) is 8.62. The number of fused-ring (bicyclic) bond motifs is 1. The molecule has 0 fully saturated rings. The van der Waals surface area contributed by atoms with Crippen LogP contribution in [0.15, 0.2) is 85.0 Å². The molecule has 1 heterocycles. The lowest BCUT2D eigenvalue weighted by Gasteiger charge is -2.23. The molecule has 3 N–H and O–H groups in total. The number of alkyl halides is 6. The molecule has 1 unspecified atom stereocenters. The van der Waals surface area contributed by atoms with Gasteiger partial charge in [-0.25, -0.2) is 0 Å². The van der Waals surface area contributed by atoms with Crippen LogP contribution >= 0.6 is 0 Å². The smallest absolute Gasteiger partial charge is 0.406 e. The van der Waals surface area contributed by atoms with E-state index in [-0.39, 0.29) is 23.1 Å². The number of aliphatic hydroxyl groups is 1. The van der Waals surface area contributed by atoms with E-state index in [4.69, 9.17) is 0 Å². The summed E-state index contributed by atoms with van der Waals surface area (Å²) in [6, 6.07) is 13.6. The first-order valence-electron chi connectivity index (χ1n) is 11.6. The predicted octanol–water partition coefficient (Wildman–Crippen LogP) is 6.09. The topological polar surface area (TPSA) is 87.7 Å². The molecule has 0 spiro atoms. The molecule has 1 atom stereocenters. The number of amides is 2. The number of hydrogen-bond donors (Lipinski definition) is 3. The molecule has 6 nitrogen and oxygen atoms in total. The van der Waals surface area contributed by atoms with Crippen LogP contribution in [0.25, 0.3) is 5.57 Å². The quantitative estimate of drug-likeness (QED) is 0.193. The molecule has 0 saturated carbocycles. The minimum atomic E-state index is -4.95. The van der Waals surface area contributed by atoms with Crippen molar-refractivity contribution in [2.75, 3.05) is 10.6 Å². The third kappa shape index (κ3) is 7.08. The highest BCUT2D eigenvalue weighted by molar-refractivity contribution is 6.03. The number of ether oxygens (including phenoxy) is 1. The maximum absolute atomic E-state index is 13.0. The van der Waals surface area contributed by atoms with Gasteiger partial charge >= 0.3 is 12.5 Å². The van der Waals surface area contributed by atoms with Crippen LogP contribution in [0, 0.1) is 0 Å². The molecule has 0 radical (unpaired) electrons. The lowest BCUT2D eigenvalue weighted by molar-refractivity contribution is -0.274. The normalized spacial score (nSPS) is 15.9. The van der Waals surface area contributed by atoms with E-state index in [2.05, 4.69) is 15.4 Å². The Hall–Kier alpha value is -4.58. The summed E-state index contributed by atoms with van der Waals surface area (Å²) in [6.45, 7) is 0. The summed E-state index contributed by atoms with van der Waals surface area (Å²) < 4.78 is 81.3. The van der Waals surface area contributed by atoms with Gasteiger partial charge in [0.2, 0.25) is 5.91 Å². The van der Waals surface area contributed by atoms with Crippen molar-refractivity contribution in [1.29, 1.82) is 0 Å². The minimum absolute atomic E-state index is 0.0182. The molecular weight excluding hydrogens is 542 g/mol. The van der Waals surface area contributed by atoms with Crippen LogP contribution < -0.4 is 15.4 Å². The SMILES string of the molecule is O=C(C=CC=C(c1ccc(C(F)(F)F)cc1)c1cccc(OC(F)(F)F)c1)Nc1cccc2c1CC(O)C(=O)N2. The number of anilines is 2. The number of allylic oxidation sites excluding steroid dienone is 2. The first kappa shape index (κ1) is 28.4. The number of hydrogen-bond acceptors (Lipinski definition) is 4. The van der Waals surface area contributed by atoms with Gasteiger partial charge in [-0.3, -0.25) is 9.59 Å². The average Bonchev–Trinajstić information content (AvgIpc) is 2.86. The Balaban J connectivity index is 1.63. The zero-order valence-corrected chi connectivity index (χ0v) is 20.3. The van der Waals surface area contributed by atoms with E-state index in [9.17, 15) is 41.0 Å². The predicted molar refractivity (Wildman–Crippen MR) is 134 cm³/mol. The van der Waals surface area contributed by atoms with Crippen molar-refractivity contribution in [3.05, 3.63) is 107 Å². The van der Waals surface area contributed by atoms with E-state index >= 15 is 0 Å². The third-order valence-electron chi connectivity index (χ3n) is 5.80. The Morgan fingerprint density at radius 3 is 2.35 bits per heavy atom. The molecule has 0 aliphatic carbocycles. The van der Waals surface area contributed by atoms with Crippen LogP contribution in [0.4, 0.5) is 37.7 Å². The first-order chi connectivity index (χ1) is 18.8. The molecule has 0 saturated heterocycles. The maximum Gasteiger partial charge on any atom is 0.573 e. The number of halogens is 6. The second-order valence-electron chi connectivity index (χ2n) is 8.62. The highest BCUT2D eigenvalue weighted by Crippen LogP contribution is 2.33. The van der Waals surface area contributed by atoms with Gasteiger partial charge in [0.15, 0.2) is 0 Å². The van der Waals surface area contributed by atoms with Gasteiger partial charge in [0, 0.05) is 29.4 Å². The molecule has 40 heavy (non-hydrogen) atoms. The lowest BCUT2D eigenvalue weighted by Crippen LogP contribution is -2.34. The van der Waals surface area contributed by atoms with Crippen LogP contribution in [-0.2, 0) is 22.2 Å². The number of rotatable bonds is 6. The Kier molecular flexibility index (Phi) is 8.01. The fraction of sp³-hybridized carbons (Fsp3) is 0.143. The summed E-state index contributed by atoms with van der Waals surface area (Å²) in [5.74, 6) is -1.72. The van der Waals surface area contributed by atoms with Gasteiger partial charge < -0.3 is 20.5 Å². The summed E-state index contributed by atoms with van der Waals surface area (Å²) >= 11 is 0. The second kappa shape index (κ2) is 11.3. The monoisotopic (exact) mass is 562 g/mol. The molecule has 2 amide bonds. The number of carbonyl (C=O) groups excluding carboxylic acids is 2. The zero-order chi connectivity index (χ0) is 29.1. The maximum atomic E-state index is 13.0. The van der Waals surface area contributed by atoms with E-state index in [0.29, 0.717) is 16.9 Å². The van der Waals surface area contributed by atoms with E-state index in [0.717, 1.165) is 42.5 Å². The molecule has 1 aliphatic rings. The van der Waals surface area contributed by atoms with Gasteiger partial charge in [0.25, 0.3) is 5.91 Å². The average molecular weight is 562 g/mol. The molecule has 12 heteroatoms. The summed E-state index contributed by atoms with van der Waals surface area (Å²) in [7, 11) is 0. The minimum Gasteiger partial charge on any atom is -0.406 e. The van der Waals surface area contributed by atoms with Gasteiger partial charge in [-0.2, -0.15) is 13.2 Å². The van der Waals surface area contributed by atoms with Crippen molar-refractivity contribution < 1.29 is 45.8 Å². The highest BCUT2D eigenvalue weighted by atomic mass is 19.4. The molecule has 0 aromatic heterocycles. The van der Waals surface area contributed by atoms with Gasteiger partial charge in [0.05, 0.1) is 5.56 Å². The van der Waals surface area contributed by atoms with Crippen molar-refractivity contribution in [3.8, 4) is 5.75 Å². The Labute approximate surface area is 223 Å². The lowest BCUT2D eigenvalue weighted by atomic mass is 9.96. The highest BCUT2D eigenvalue weighted by Gasteiger charge is 2.32. The first-order valence-corrected chi connectivity index (χ1v) is 11.6. The summed E-state index contributed by atoms with van der Waals surface area (Å²) in [5.41, 5.74) is 1.02. The van der Waals surface area contributed by atoms with Gasteiger partial charge in [-0.15, -0.1) is 13.2 Å². The fourth-order valence-electron chi connectivity index (χ4n) is 4.01. The molecule has 208 valence electrons.